The summed E-state index contributed by atoms with van der Waals surface area (Å²) in [4.78, 5) is 14.6. The predicted molar refractivity (Wildman–Crippen MR) is 90.7 cm³/mol. The van der Waals surface area contributed by atoms with E-state index < -0.39 is 0 Å². The zero-order valence-corrected chi connectivity index (χ0v) is 14.4. The van der Waals surface area contributed by atoms with E-state index in [0.717, 1.165) is 38.2 Å². The highest BCUT2D eigenvalue weighted by molar-refractivity contribution is 5.91. The number of carbonyl (C=O) groups is 1. The van der Waals surface area contributed by atoms with Crippen LogP contribution in [0.5, 0.6) is 0 Å². The number of amides is 1. The first-order chi connectivity index (χ1) is 11.7. The Morgan fingerprint density at radius 2 is 2.38 bits per heavy atom. The van der Waals surface area contributed by atoms with Crippen LogP contribution in [0.3, 0.4) is 0 Å². The molecule has 1 aromatic rings. The van der Waals surface area contributed by atoms with Crippen molar-refractivity contribution in [1.29, 1.82) is 0 Å². The minimum atomic E-state index is -0.321. The number of hydrogen-bond donors (Lipinski definition) is 2. The Hall–Kier alpha value is -1.44. The number of anilines is 1. The summed E-state index contributed by atoms with van der Waals surface area (Å²) in [5.74, 6) is 0.837. The van der Waals surface area contributed by atoms with Crippen molar-refractivity contribution in [2.45, 2.75) is 51.3 Å². The molecule has 2 fully saturated rings. The van der Waals surface area contributed by atoms with Crippen molar-refractivity contribution in [1.82, 2.24) is 14.7 Å². The van der Waals surface area contributed by atoms with Crippen LogP contribution in [0.15, 0.2) is 12.3 Å². The van der Waals surface area contributed by atoms with Gasteiger partial charge in [-0.3, -0.25) is 9.69 Å². The molecular weight excluding hydrogens is 308 g/mol. The number of aliphatic hydroxyl groups is 1. The van der Waals surface area contributed by atoms with Gasteiger partial charge in [0.2, 0.25) is 5.91 Å². The van der Waals surface area contributed by atoms with Gasteiger partial charge in [0, 0.05) is 31.2 Å². The molecule has 0 aliphatic carbocycles. The number of likely N-dealkylation sites (tertiary alicyclic amines) is 1. The molecule has 0 radical (unpaired) electrons. The van der Waals surface area contributed by atoms with E-state index in [1.165, 1.54) is 0 Å². The first-order valence-electron chi connectivity index (χ1n) is 9.00. The maximum absolute atomic E-state index is 12.4. The van der Waals surface area contributed by atoms with Crippen LogP contribution in [0.1, 0.15) is 32.6 Å². The summed E-state index contributed by atoms with van der Waals surface area (Å²) in [6.07, 6.45) is 5.13. The molecule has 7 nitrogen and oxygen atoms in total. The molecule has 3 atom stereocenters. The summed E-state index contributed by atoms with van der Waals surface area (Å²) in [7, 11) is 0. The molecule has 1 aromatic heterocycles. The standard InChI is InChI=1S/C17H28N4O3/c1-2-8-21-16(5-7-18-21)19-17(23)11-20-9-3-4-14(20)13-12-24-10-6-15(13)22/h5,7,13-15,22H,2-4,6,8-12H2,1H3,(H,19,23). The summed E-state index contributed by atoms with van der Waals surface area (Å²) in [5, 5.41) is 17.5. The van der Waals surface area contributed by atoms with Crippen LogP contribution in [0, 0.1) is 5.92 Å². The fraction of sp³-hybridized carbons (Fsp3) is 0.765. The molecular formula is C17H28N4O3. The average molecular weight is 336 g/mol. The van der Waals surface area contributed by atoms with Gasteiger partial charge in [-0.15, -0.1) is 0 Å². The van der Waals surface area contributed by atoms with E-state index in [1.807, 2.05) is 10.7 Å². The SMILES string of the molecule is CCCn1nccc1NC(=O)CN1CCCC1C1COCCC1O. The molecule has 2 aliphatic rings. The van der Waals surface area contributed by atoms with Crippen molar-refractivity contribution in [3.05, 3.63) is 12.3 Å². The third-order valence-electron chi connectivity index (χ3n) is 5.04. The van der Waals surface area contributed by atoms with Crippen LogP contribution in [0.25, 0.3) is 0 Å². The molecule has 7 heteroatoms. The second-order valence-electron chi connectivity index (χ2n) is 6.76. The van der Waals surface area contributed by atoms with Gasteiger partial charge in [0.05, 0.1) is 25.5 Å². The van der Waals surface area contributed by atoms with Crippen molar-refractivity contribution in [3.8, 4) is 0 Å². The summed E-state index contributed by atoms with van der Waals surface area (Å²) in [6.45, 7) is 5.35. The van der Waals surface area contributed by atoms with Gasteiger partial charge in [-0.2, -0.15) is 5.10 Å². The van der Waals surface area contributed by atoms with Gasteiger partial charge in [-0.1, -0.05) is 6.92 Å². The summed E-state index contributed by atoms with van der Waals surface area (Å²) < 4.78 is 7.36. The molecule has 0 bridgehead atoms. The number of rotatable bonds is 6. The minimum Gasteiger partial charge on any atom is -0.393 e. The zero-order valence-electron chi connectivity index (χ0n) is 14.4. The third-order valence-corrected chi connectivity index (χ3v) is 5.04. The maximum Gasteiger partial charge on any atom is 0.239 e. The second-order valence-corrected chi connectivity index (χ2v) is 6.76. The number of carbonyl (C=O) groups excluding carboxylic acids is 1. The van der Waals surface area contributed by atoms with Crippen LogP contribution in [0.2, 0.25) is 0 Å². The van der Waals surface area contributed by atoms with E-state index in [4.69, 9.17) is 4.74 Å². The molecule has 0 aromatic carbocycles. The fourth-order valence-corrected chi connectivity index (χ4v) is 3.84. The Morgan fingerprint density at radius 1 is 1.50 bits per heavy atom. The van der Waals surface area contributed by atoms with Crippen LogP contribution >= 0.6 is 0 Å². The smallest absolute Gasteiger partial charge is 0.239 e. The van der Waals surface area contributed by atoms with E-state index in [1.54, 1.807) is 6.20 Å². The molecule has 24 heavy (non-hydrogen) atoms. The van der Waals surface area contributed by atoms with Crippen LogP contribution in [0.4, 0.5) is 5.82 Å². The van der Waals surface area contributed by atoms with E-state index in [0.29, 0.717) is 26.2 Å². The van der Waals surface area contributed by atoms with Gasteiger partial charge in [0.1, 0.15) is 5.82 Å². The van der Waals surface area contributed by atoms with Crippen molar-refractivity contribution in [2.75, 3.05) is 31.6 Å². The molecule has 2 N–H and O–H groups in total. The predicted octanol–water partition coefficient (Wildman–Crippen LogP) is 1.09. The number of aryl methyl sites for hydroxylation is 1. The molecule has 0 spiro atoms. The molecule has 2 saturated heterocycles. The zero-order chi connectivity index (χ0) is 16.9. The van der Waals surface area contributed by atoms with Crippen molar-refractivity contribution in [3.63, 3.8) is 0 Å². The topological polar surface area (TPSA) is 79.6 Å². The van der Waals surface area contributed by atoms with Crippen LogP contribution in [-0.4, -0.2) is 64.1 Å². The number of aromatic nitrogens is 2. The highest BCUT2D eigenvalue weighted by atomic mass is 16.5. The van der Waals surface area contributed by atoms with Crippen LogP contribution in [-0.2, 0) is 16.1 Å². The number of hydrogen-bond acceptors (Lipinski definition) is 5. The first-order valence-corrected chi connectivity index (χ1v) is 9.00. The Bertz CT molecular complexity index is 548. The largest absolute Gasteiger partial charge is 0.393 e. The lowest BCUT2D eigenvalue weighted by atomic mass is 9.89. The van der Waals surface area contributed by atoms with Crippen LogP contribution < -0.4 is 5.32 Å². The number of ether oxygens (including phenoxy) is 1. The molecule has 3 rings (SSSR count). The van der Waals surface area contributed by atoms with Gasteiger partial charge < -0.3 is 15.2 Å². The third kappa shape index (κ3) is 3.96. The maximum atomic E-state index is 12.4. The average Bonchev–Trinajstić information content (AvgIpc) is 3.18. The monoisotopic (exact) mass is 336 g/mol. The van der Waals surface area contributed by atoms with Gasteiger partial charge >= 0.3 is 0 Å². The fourth-order valence-electron chi connectivity index (χ4n) is 3.84. The lowest BCUT2D eigenvalue weighted by Crippen LogP contribution is -2.48. The van der Waals surface area contributed by atoms with Crippen molar-refractivity contribution >= 4 is 11.7 Å². The quantitative estimate of drug-likeness (QED) is 0.813. The van der Waals surface area contributed by atoms with E-state index in [2.05, 4.69) is 22.2 Å². The molecule has 134 valence electrons. The summed E-state index contributed by atoms with van der Waals surface area (Å²) in [5.41, 5.74) is 0. The van der Waals surface area contributed by atoms with Gasteiger partial charge in [0.15, 0.2) is 0 Å². The normalized spacial score (nSPS) is 28.2. The van der Waals surface area contributed by atoms with E-state index in [-0.39, 0.29) is 24.0 Å². The molecule has 3 heterocycles. The highest BCUT2D eigenvalue weighted by Crippen LogP contribution is 2.29. The number of nitrogens with one attached hydrogen (secondary N) is 1. The molecule has 2 aliphatic heterocycles. The summed E-state index contributed by atoms with van der Waals surface area (Å²) >= 11 is 0. The second kappa shape index (κ2) is 8.09. The lowest BCUT2D eigenvalue weighted by Gasteiger charge is -2.36. The molecule has 0 saturated carbocycles. The van der Waals surface area contributed by atoms with E-state index >= 15 is 0 Å². The van der Waals surface area contributed by atoms with Crippen molar-refractivity contribution < 1.29 is 14.6 Å². The Kier molecular flexibility index (Phi) is 5.86. The molecule has 1 amide bonds. The number of aliphatic hydroxyl groups excluding tert-OH is 1. The Balaban J connectivity index is 1.57. The minimum absolute atomic E-state index is 0.0222. The first kappa shape index (κ1) is 17.4. The van der Waals surface area contributed by atoms with Gasteiger partial charge in [0.25, 0.3) is 0 Å². The molecule has 3 unspecified atom stereocenters. The Morgan fingerprint density at radius 3 is 3.17 bits per heavy atom. The van der Waals surface area contributed by atoms with Crippen molar-refractivity contribution in [2.24, 2.45) is 5.92 Å². The van der Waals surface area contributed by atoms with Gasteiger partial charge in [-0.25, -0.2) is 4.68 Å². The lowest BCUT2D eigenvalue weighted by molar-refractivity contribution is -0.119. The highest BCUT2D eigenvalue weighted by Gasteiger charge is 2.38. The number of nitrogens with zero attached hydrogens (tertiary/aromatic N) is 3. The summed E-state index contributed by atoms with van der Waals surface area (Å²) in [6, 6.07) is 2.06. The van der Waals surface area contributed by atoms with Gasteiger partial charge in [-0.05, 0) is 32.2 Å². The van der Waals surface area contributed by atoms with E-state index in [9.17, 15) is 9.90 Å². The Labute approximate surface area is 143 Å².